The van der Waals surface area contributed by atoms with E-state index in [1.54, 1.807) is 0 Å². The Balaban J connectivity index is 5.49. The van der Waals surface area contributed by atoms with Crippen molar-refractivity contribution >= 4 is 10.1 Å². The lowest BCUT2D eigenvalue weighted by Crippen LogP contribution is -2.41. The molecule has 0 aromatic heterocycles. The Morgan fingerprint density at radius 2 is 1.25 bits per heavy atom. The Labute approximate surface area is 147 Å². The van der Waals surface area contributed by atoms with Crippen LogP contribution in [0.3, 0.4) is 0 Å². The first-order chi connectivity index (χ1) is 11.3. The smallest absolute Gasteiger partial charge is 0.267 e. The third-order valence-electron chi connectivity index (χ3n) is 3.44. The molecule has 0 radical (unpaired) electrons. The van der Waals surface area contributed by atoms with Crippen LogP contribution in [0.15, 0.2) is 36.8 Å². The van der Waals surface area contributed by atoms with Crippen molar-refractivity contribution in [3.63, 3.8) is 0 Å². The molecular formula is C18H34NO4S+. The van der Waals surface area contributed by atoms with Crippen LogP contribution in [0.2, 0.25) is 0 Å². The third-order valence-corrected chi connectivity index (χ3v) is 4.25. The van der Waals surface area contributed by atoms with Gasteiger partial charge in [0.25, 0.3) is 10.1 Å². The first-order valence-electron chi connectivity index (χ1n) is 8.82. The zero-order valence-corrected chi connectivity index (χ0v) is 16.1. The van der Waals surface area contributed by atoms with E-state index in [1.807, 2.05) is 36.8 Å². The van der Waals surface area contributed by atoms with Gasteiger partial charge >= 0.3 is 0 Å². The number of rotatable bonds is 13. The minimum Gasteiger partial charge on any atom is -0.386 e. The quantitative estimate of drug-likeness (QED) is 0.385. The molecule has 140 valence electrons. The molecule has 5 nitrogen and oxygen atoms in total. The normalized spacial score (nSPS) is 15.0. The van der Waals surface area contributed by atoms with Crippen molar-refractivity contribution in [3.8, 4) is 0 Å². The second-order valence-electron chi connectivity index (χ2n) is 6.10. The molecule has 0 aliphatic heterocycles. The van der Waals surface area contributed by atoms with Crippen LogP contribution in [-0.4, -0.2) is 41.0 Å². The van der Waals surface area contributed by atoms with Gasteiger partial charge in [-0.05, 0) is 37.5 Å². The molecule has 0 heterocycles. The summed E-state index contributed by atoms with van der Waals surface area (Å²) in [6.07, 6.45) is 16.7. The van der Waals surface area contributed by atoms with Crippen LogP contribution in [0.1, 0.15) is 59.3 Å². The Morgan fingerprint density at radius 1 is 0.875 bits per heavy atom. The molecule has 6 heteroatoms. The van der Waals surface area contributed by atoms with Crippen LogP contribution >= 0.6 is 0 Å². The van der Waals surface area contributed by atoms with E-state index < -0.39 is 22.0 Å². The molecule has 1 unspecified atom stereocenters. The highest BCUT2D eigenvalue weighted by atomic mass is 32.2. The van der Waals surface area contributed by atoms with E-state index in [4.69, 9.17) is 4.55 Å². The van der Waals surface area contributed by atoms with Crippen molar-refractivity contribution in [3.05, 3.63) is 36.8 Å². The second-order valence-corrected chi connectivity index (χ2v) is 7.60. The molecular weight excluding hydrogens is 326 g/mol. The number of hydrogen-bond donors (Lipinski definition) is 2. The summed E-state index contributed by atoms with van der Waals surface area (Å²) in [5.41, 5.74) is 0. The van der Waals surface area contributed by atoms with Gasteiger partial charge in [-0.15, -0.1) is 0 Å². The van der Waals surface area contributed by atoms with Gasteiger partial charge in [-0.25, -0.2) is 4.48 Å². The van der Waals surface area contributed by atoms with E-state index in [2.05, 4.69) is 20.8 Å². The number of unbranched alkanes of at least 4 members (excludes halogenated alkanes) is 3. The highest BCUT2D eigenvalue weighted by Gasteiger charge is 2.27. The van der Waals surface area contributed by atoms with Crippen LogP contribution in [0.5, 0.6) is 0 Å². The summed E-state index contributed by atoms with van der Waals surface area (Å²) in [5.74, 6) is -0.655. The number of hydrogen-bond acceptors (Lipinski definition) is 3. The number of aliphatic hydroxyl groups is 1. The first kappa shape index (κ1) is 23.1. The van der Waals surface area contributed by atoms with Gasteiger partial charge in [0.2, 0.25) is 0 Å². The average Bonchev–Trinajstić information content (AvgIpc) is 2.46. The van der Waals surface area contributed by atoms with Gasteiger partial charge in [-0.1, -0.05) is 40.0 Å². The van der Waals surface area contributed by atoms with Crippen LogP contribution < -0.4 is 0 Å². The molecule has 0 bridgehead atoms. The van der Waals surface area contributed by atoms with Gasteiger partial charge in [0, 0.05) is 0 Å². The molecule has 0 aromatic rings. The number of quaternary nitrogens is 1. The molecule has 0 aliphatic rings. The van der Waals surface area contributed by atoms with E-state index in [0.717, 1.165) is 38.5 Å². The van der Waals surface area contributed by atoms with Gasteiger partial charge in [-0.3, -0.25) is 4.55 Å². The average molecular weight is 361 g/mol. The van der Waals surface area contributed by atoms with Gasteiger partial charge in [-0.2, -0.15) is 8.42 Å². The summed E-state index contributed by atoms with van der Waals surface area (Å²) < 4.78 is 31.3. The maximum absolute atomic E-state index is 11.0. The van der Waals surface area contributed by atoms with E-state index in [-0.39, 0.29) is 11.0 Å². The molecule has 0 spiro atoms. The van der Waals surface area contributed by atoms with E-state index >= 15 is 0 Å². The Bertz CT molecular complexity index is 468. The standard InChI is InChI=1S/C18H33NO4S/c1-4-7-10-13-19(14-11-8-5-2,15-12-9-6-3)16-18(20)17-24(21,22)23/h10-15,18,20H,4-9,16-17H2,1-3H3/p+1/b13-10+,14-11+,15-12+. The molecule has 0 saturated heterocycles. The fourth-order valence-corrected chi connectivity index (χ4v) is 2.90. The first-order valence-corrected chi connectivity index (χ1v) is 10.4. The SMILES string of the molecule is CCC/C=C/[N+](/C=C/CCC)(/C=C/CCC)CC(O)CS(=O)(=O)O. The summed E-state index contributed by atoms with van der Waals surface area (Å²) in [4.78, 5) is 0. The molecule has 0 saturated carbocycles. The molecule has 1 atom stereocenters. The fourth-order valence-electron chi connectivity index (χ4n) is 2.30. The number of nitrogens with zero attached hydrogens (tertiary/aromatic N) is 1. The summed E-state index contributed by atoms with van der Waals surface area (Å²) in [7, 11) is -4.20. The highest BCUT2D eigenvalue weighted by molar-refractivity contribution is 7.85. The topological polar surface area (TPSA) is 74.6 Å². The maximum atomic E-state index is 11.0. The molecule has 0 amide bonds. The molecule has 0 rings (SSSR count). The molecule has 24 heavy (non-hydrogen) atoms. The van der Waals surface area contributed by atoms with Crippen LogP contribution in [0.25, 0.3) is 0 Å². The van der Waals surface area contributed by atoms with Crippen molar-refractivity contribution in [1.29, 1.82) is 0 Å². The maximum Gasteiger partial charge on any atom is 0.267 e. The van der Waals surface area contributed by atoms with Crippen molar-refractivity contribution in [1.82, 2.24) is 0 Å². The largest absolute Gasteiger partial charge is 0.386 e. The van der Waals surface area contributed by atoms with E-state index in [1.165, 1.54) is 0 Å². The zero-order chi connectivity index (χ0) is 18.5. The fraction of sp³-hybridized carbons (Fsp3) is 0.667. The van der Waals surface area contributed by atoms with Gasteiger partial charge in [0.05, 0.1) is 0 Å². The molecule has 0 aromatic carbocycles. The Kier molecular flexibility index (Phi) is 11.9. The van der Waals surface area contributed by atoms with Crippen LogP contribution in [0, 0.1) is 0 Å². The predicted molar refractivity (Wildman–Crippen MR) is 99.7 cm³/mol. The van der Waals surface area contributed by atoms with Crippen molar-refractivity contribution in [2.24, 2.45) is 0 Å². The van der Waals surface area contributed by atoms with Gasteiger partial charge < -0.3 is 5.11 Å². The molecule has 0 aliphatic carbocycles. The lowest BCUT2D eigenvalue weighted by atomic mass is 10.2. The number of allylic oxidation sites excluding steroid dienone is 3. The van der Waals surface area contributed by atoms with E-state index in [0.29, 0.717) is 0 Å². The van der Waals surface area contributed by atoms with Crippen molar-refractivity contribution in [2.45, 2.75) is 65.4 Å². The molecule has 2 N–H and O–H groups in total. The lowest BCUT2D eigenvalue weighted by Gasteiger charge is -2.29. The Morgan fingerprint density at radius 3 is 1.54 bits per heavy atom. The minimum absolute atomic E-state index is 0.167. The Hall–Kier alpha value is -0.950. The third kappa shape index (κ3) is 11.6. The monoisotopic (exact) mass is 360 g/mol. The summed E-state index contributed by atoms with van der Waals surface area (Å²) in [6, 6.07) is 0. The summed E-state index contributed by atoms with van der Waals surface area (Å²) in [5, 5.41) is 10.1. The lowest BCUT2D eigenvalue weighted by molar-refractivity contribution is -0.777. The summed E-state index contributed by atoms with van der Waals surface area (Å²) in [6.45, 7) is 6.44. The highest BCUT2D eigenvalue weighted by Crippen LogP contribution is 2.17. The zero-order valence-electron chi connectivity index (χ0n) is 15.3. The minimum atomic E-state index is -4.20. The van der Waals surface area contributed by atoms with Gasteiger partial charge in [0.15, 0.2) is 0 Å². The van der Waals surface area contributed by atoms with E-state index in [9.17, 15) is 13.5 Å². The van der Waals surface area contributed by atoms with Crippen LogP contribution in [-0.2, 0) is 10.1 Å². The van der Waals surface area contributed by atoms with Crippen LogP contribution in [0.4, 0.5) is 0 Å². The van der Waals surface area contributed by atoms with Crippen molar-refractivity contribution < 1.29 is 22.6 Å². The predicted octanol–water partition coefficient (Wildman–Crippen LogP) is 3.99. The van der Waals surface area contributed by atoms with Gasteiger partial charge in [0.1, 0.15) is 37.0 Å². The summed E-state index contributed by atoms with van der Waals surface area (Å²) >= 11 is 0. The number of aliphatic hydroxyl groups excluding tert-OH is 1. The second kappa shape index (κ2) is 12.4. The molecule has 0 fully saturated rings. The van der Waals surface area contributed by atoms with Crippen molar-refractivity contribution in [2.75, 3.05) is 12.3 Å².